The van der Waals surface area contributed by atoms with Crippen LogP contribution in [0.5, 0.6) is 0 Å². The highest BCUT2D eigenvalue weighted by atomic mass is 28.4. The van der Waals surface area contributed by atoms with Gasteiger partial charge in [0.15, 0.2) is 25.0 Å². The van der Waals surface area contributed by atoms with Crippen molar-refractivity contribution in [1.82, 2.24) is 0 Å². The lowest BCUT2D eigenvalue weighted by atomic mass is 9.68. The number of hydrogen-bond donors (Lipinski definition) is 0. The van der Waals surface area contributed by atoms with Crippen molar-refractivity contribution in [2.75, 3.05) is 0 Å². The zero-order chi connectivity index (χ0) is 40.6. The molecule has 0 atom stereocenters. The third-order valence-corrected chi connectivity index (χ3v) is 29.8. The van der Waals surface area contributed by atoms with Gasteiger partial charge < -0.3 is 13.3 Å². The number of rotatable bonds is 13. The molecule has 0 aliphatic heterocycles. The smallest absolute Gasteiger partial charge is 0.184 e. The van der Waals surface area contributed by atoms with E-state index in [1.165, 1.54) is 0 Å². The van der Waals surface area contributed by atoms with Crippen molar-refractivity contribution in [2.45, 2.75) is 247 Å². The Labute approximate surface area is 313 Å². The highest BCUT2D eigenvalue weighted by Crippen LogP contribution is 2.58. The third kappa shape index (κ3) is 14.9. The minimum atomic E-state index is -1.52. The molecule has 3 nitrogen and oxygen atoms in total. The molecule has 0 amide bonds. The summed E-state index contributed by atoms with van der Waals surface area (Å²) >= 11 is 0. The fourth-order valence-electron chi connectivity index (χ4n) is 6.18. The van der Waals surface area contributed by atoms with Crippen LogP contribution in [0.15, 0.2) is 0 Å². The minimum Gasteiger partial charge on any atom is -0.412 e. The maximum absolute atomic E-state index is 6.53. The zero-order valence-electron chi connectivity index (χ0n) is 39.7. The first-order chi connectivity index (χ1) is 19.9. The molecule has 0 unspecified atom stereocenters. The topological polar surface area (TPSA) is 27.7 Å². The van der Waals surface area contributed by atoms with Crippen LogP contribution in [-0.4, -0.2) is 66.0 Å². The van der Waals surface area contributed by atoms with Crippen LogP contribution in [0.3, 0.4) is 0 Å². The van der Waals surface area contributed by atoms with E-state index in [9.17, 15) is 0 Å². The normalized spacial score (nSPS) is 15.8. The summed E-state index contributed by atoms with van der Waals surface area (Å²) < 4.78 is 19.3. The van der Waals surface area contributed by atoms with Gasteiger partial charge in [-0.05, 0) is 121 Å². The Hall–Kier alpha value is 1.18. The predicted molar refractivity (Wildman–Crippen MR) is 241 cm³/mol. The Morgan fingerprint density at radius 3 is 0.562 bits per heavy atom. The van der Waals surface area contributed by atoms with Crippen molar-refractivity contribution in [2.24, 2.45) is 5.41 Å². The first-order valence-corrected chi connectivity index (χ1v) is 39.7. The van der Waals surface area contributed by atoms with Gasteiger partial charge in [0.1, 0.15) is 0 Å². The van der Waals surface area contributed by atoms with Gasteiger partial charge in [0, 0.05) is 0 Å². The lowest BCUT2D eigenvalue weighted by molar-refractivity contribution is -0.0418. The summed E-state index contributed by atoms with van der Waals surface area (Å²) in [6.07, 6.45) is 0. The highest BCUT2D eigenvalue weighted by molar-refractivity contribution is 6.80. The van der Waals surface area contributed by atoms with Crippen molar-refractivity contribution in [3.05, 3.63) is 0 Å². The van der Waals surface area contributed by atoms with Crippen LogP contribution in [0.25, 0.3) is 0 Å². The monoisotopic (exact) mass is 781 g/mol. The third-order valence-electron chi connectivity index (χ3n) is 13.4. The fraction of sp³-hybridized carbons (Fsp3) is 1.00. The molecular weight excluding hydrogens is 685 g/mol. The molecule has 0 aliphatic rings. The Morgan fingerprint density at radius 2 is 0.417 bits per heavy atom. The molecular formula is C39H96O3Si6. The van der Waals surface area contributed by atoms with Crippen molar-refractivity contribution in [1.29, 1.82) is 0 Å². The summed E-state index contributed by atoms with van der Waals surface area (Å²) in [7, 11) is -8.16. The van der Waals surface area contributed by atoms with Crippen LogP contribution >= 0.6 is 0 Å². The lowest BCUT2D eigenvalue weighted by Crippen LogP contribution is -2.58. The van der Waals surface area contributed by atoms with Crippen LogP contribution in [0.1, 0.15) is 96.9 Å². The minimum absolute atomic E-state index is 0.0120. The number of hydrogen-bond acceptors (Lipinski definition) is 3. The summed E-state index contributed by atoms with van der Waals surface area (Å²) in [6, 6.07) is 0. The molecule has 294 valence electrons. The van der Waals surface area contributed by atoms with E-state index in [1.807, 2.05) is 0 Å². The van der Waals surface area contributed by atoms with Gasteiger partial charge in [-0.15, -0.1) is 0 Å². The second-order valence-electron chi connectivity index (χ2n) is 24.4. The Bertz CT molecular complexity index is 934. The van der Waals surface area contributed by atoms with E-state index in [1.54, 1.807) is 0 Å². The van der Waals surface area contributed by atoms with E-state index < -0.39 is 49.2 Å². The molecule has 0 aromatic rings. The maximum atomic E-state index is 6.53. The second-order valence-corrected chi connectivity index (χ2v) is 55.0. The van der Waals surface area contributed by atoms with Crippen molar-refractivity contribution >= 4 is 49.2 Å². The Balaban J connectivity index is -0.000000637. The molecule has 0 saturated heterocycles. The Kier molecular flexibility index (Phi) is 17.7. The molecule has 0 aromatic carbocycles. The summed E-state index contributed by atoms with van der Waals surface area (Å²) in [5, 5.41) is 0.906. The van der Waals surface area contributed by atoms with Gasteiger partial charge in [-0.1, -0.05) is 114 Å². The predicted octanol–water partition coefficient (Wildman–Crippen LogP) is 15.2. The van der Waals surface area contributed by atoms with Crippen molar-refractivity contribution in [3.63, 3.8) is 0 Å². The first kappa shape index (κ1) is 53.5. The van der Waals surface area contributed by atoms with E-state index in [-0.39, 0.29) is 22.2 Å². The zero-order valence-corrected chi connectivity index (χ0v) is 45.7. The van der Waals surface area contributed by atoms with Crippen LogP contribution in [0, 0.1) is 5.41 Å². The van der Waals surface area contributed by atoms with Gasteiger partial charge in [0.2, 0.25) is 0 Å². The molecule has 0 aromatic heterocycles. The van der Waals surface area contributed by atoms with Gasteiger partial charge in [-0.25, -0.2) is 0 Å². The summed E-state index contributed by atoms with van der Waals surface area (Å²) in [5.41, 5.74) is 0.0515. The van der Waals surface area contributed by atoms with Crippen LogP contribution < -0.4 is 0 Å². The van der Waals surface area contributed by atoms with Crippen molar-refractivity contribution in [3.8, 4) is 0 Å². The van der Waals surface area contributed by atoms with Crippen LogP contribution in [0.2, 0.25) is 133 Å². The van der Waals surface area contributed by atoms with Gasteiger partial charge in [-0.2, -0.15) is 0 Å². The molecule has 0 saturated carbocycles. The molecule has 0 N–H and O–H groups in total. The van der Waals surface area contributed by atoms with Gasteiger partial charge >= 0.3 is 0 Å². The van der Waals surface area contributed by atoms with E-state index in [2.05, 4.69) is 215 Å². The maximum Gasteiger partial charge on any atom is 0.184 e. The van der Waals surface area contributed by atoms with Crippen LogP contribution in [0.4, 0.5) is 0 Å². The van der Waals surface area contributed by atoms with E-state index in [0.29, 0.717) is 15.1 Å². The molecule has 0 rings (SSSR count). The van der Waals surface area contributed by atoms with E-state index >= 15 is 0 Å². The van der Waals surface area contributed by atoms with Crippen molar-refractivity contribution < 1.29 is 13.3 Å². The Morgan fingerprint density at radius 1 is 0.250 bits per heavy atom. The van der Waals surface area contributed by atoms with Gasteiger partial charge in [-0.3, -0.25) is 0 Å². The SMILES string of the molecule is CC(C)(O[Si](C)(C)C)C(C)(C)C(C)(C)[Si](C)(C)C.CC(C)(O[Si](C)(C)C)C(C)(C)[Si](C)(C)C.CC(C)(O[Si](C)(C)C)C(C)(C)[Si](C)(C)C. The molecule has 0 heterocycles. The summed E-state index contributed by atoms with van der Waals surface area (Å²) in [4.78, 5) is 0. The summed E-state index contributed by atoms with van der Waals surface area (Å²) in [5.74, 6) is 0. The van der Waals surface area contributed by atoms with E-state index in [4.69, 9.17) is 13.3 Å². The molecule has 0 bridgehead atoms. The molecule has 48 heavy (non-hydrogen) atoms. The van der Waals surface area contributed by atoms with Gasteiger partial charge in [0.05, 0.1) is 41.0 Å². The average molecular weight is 782 g/mol. The standard InChI is InChI=1S/C15H36OSi2.2C12H30OSi2/c1-13(2,15(5,6)17(7,8)9)14(3,4)16-18(10,11)12;2*1-11(2,13-15(8,9)10)12(3,4)14(5,6)7/h1-12H3;2*1-10H3. The molecule has 0 radical (unpaired) electrons. The quantitative estimate of drug-likeness (QED) is 0.174. The fourth-order valence-corrected chi connectivity index (χ4v) is 17.6. The lowest BCUT2D eigenvalue weighted by Gasteiger charge is -2.58. The molecule has 9 heteroatoms. The second kappa shape index (κ2) is 15.9. The first-order valence-electron chi connectivity index (χ1n) is 19.0. The summed E-state index contributed by atoms with van der Waals surface area (Å²) in [6.45, 7) is 75.3. The molecule has 0 spiro atoms. The molecule has 0 fully saturated rings. The van der Waals surface area contributed by atoms with Gasteiger partial charge in [0.25, 0.3) is 0 Å². The highest BCUT2D eigenvalue weighted by Gasteiger charge is 2.55. The van der Waals surface area contributed by atoms with Crippen LogP contribution in [-0.2, 0) is 13.3 Å². The van der Waals surface area contributed by atoms with E-state index in [0.717, 1.165) is 0 Å². The average Bonchev–Trinajstić information content (AvgIpc) is 2.66. The largest absolute Gasteiger partial charge is 0.412 e. The molecule has 0 aliphatic carbocycles.